The molecule has 0 heterocycles. The van der Waals surface area contributed by atoms with Gasteiger partial charge in [0.25, 0.3) is 5.69 Å². The van der Waals surface area contributed by atoms with Crippen LogP contribution in [0.5, 0.6) is 0 Å². The molecule has 0 saturated carbocycles. The van der Waals surface area contributed by atoms with Crippen LogP contribution in [-0.2, 0) is 4.79 Å². The van der Waals surface area contributed by atoms with Crippen LogP contribution in [0, 0.1) is 10.1 Å². The largest absolute Gasteiger partial charge is 0.471 e. The molecule has 1 atom stereocenters. The second kappa shape index (κ2) is 5.03. The molecule has 0 aliphatic heterocycles. The Bertz CT molecular complexity index is 474. The number of nitrogens with zero attached hydrogens (tertiary/aromatic N) is 1. The fourth-order valence-electron chi connectivity index (χ4n) is 1.38. The number of rotatable bonds is 3. The van der Waals surface area contributed by atoms with Crippen molar-refractivity contribution in [3.63, 3.8) is 0 Å². The highest BCUT2D eigenvalue weighted by Crippen LogP contribution is 2.25. The third-order valence-corrected chi connectivity index (χ3v) is 2.21. The molecule has 0 bridgehead atoms. The van der Waals surface area contributed by atoms with Gasteiger partial charge in [0.1, 0.15) is 0 Å². The van der Waals surface area contributed by atoms with Crippen LogP contribution < -0.4 is 5.32 Å². The van der Waals surface area contributed by atoms with Crippen LogP contribution in [-0.4, -0.2) is 17.0 Å². The Morgan fingerprint density at radius 3 is 2.44 bits per heavy atom. The number of halogens is 3. The molecule has 1 N–H and O–H groups in total. The molecule has 1 amide bonds. The number of hydrogen-bond acceptors (Lipinski definition) is 3. The molecular formula is C10H9F3N2O3. The van der Waals surface area contributed by atoms with E-state index in [4.69, 9.17) is 0 Å². The van der Waals surface area contributed by atoms with Gasteiger partial charge in [-0.25, -0.2) is 0 Å². The molecule has 0 spiro atoms. The fourth-order valence-corrected chi connectivity index (χ4v) is 1.38. The van der Waals surface area contributed by atoms with E-state index in [1.54, 1.807) is 5.32 Å². The SMILES string of the molecule is C[C@H](NC(=O)C(F)(F)F)c1ccccc1[N+](=O)[O-]. The maximum Gasteiger partial charge on any atom is 0.471 e. The first kappa shape index (κ1) is 13.9. The summed E-state index contributed by atoms with van der Waals surface area (Å²) in [5.41, 5.74) is -0.326. The van der Waals surface area contributed by atoms with Crippen LogP contribution in [0.3, 0.4) is 0 Å². The lowest BCUT2D eigenvalue weighted by Crippen LogP contribution is -2.38. The second-order valence-electron chi connectivity index (χ2n) is 3.51. The summed E-state index contributed by atoms with van der Waals surface area (Å²) >= 11 is 0. The lowest BCUT2D eigenvalue weighted by molar-refractivity contribution is -0.385. The zero-order chi connectivity index (χ0) is 13.9. The van der Waals surface area contributed by atoms with Crippen molar-refractivity contribution < 1.29 is 22.9 Å². The number of hydrogen-bond donors (Lipinski definition) is 1. The van der Waals surface area contributed by atoms with Crippen molar-refractivity contribution >= 4 is 11.6 Å². The normalized spacial score (nSPS) is 12.9. The van der Waals surface area contributed by atoms with Crippen molar-refractivity contribution in [1.82, 2.24) is 5.32 Å². The molecule has 18 heavy (non-hydrogen) atoms. The highest BCUT2D eigenvalue weighted by molar-refractivity contribution is 5.82. The summed E-state index contributed by atoms with van der Waals surface area (Å²) in [5.74, 6) is -2.13. The van der Waals surface area contributed by atoms with Gasteiger partial charge in [0.2, 0.25) is 0 Å². The van der Waals surface area contributed by atoms with E-state index in [-0.39, 0.29) is 11.3 Å². The maximum absolute atomic E-state index is 12.0. The third kappa shape index (κ3) is 3.19. The van der Waals surface area contributed by atoms with E-state index in [9.17, 15) is 28.1 Å². The minimum atomic E-state index is -5.02. The van der Waals surface area contributed by atoms with E-state index in [1.165, 1.54) is 25.1 Å². The van der Waals surface area contributed by atoms with Gasteiger partial charge in [0.05, 0.1) is 16.5 Å². The lowest BCUT2D eigenvalue weighted by atomic mass is 10.1. The predicted molar refractivity (Wildman–Crippen MR) is 55.7 cm³/mol. The van der Waals surface area contributed by atoms with E-state index >= 15 is 0 Å². The number of benzene rings is 1. The second-order valence-corrected chi connectivity index (χ2v) is 3.51. The summed E-state index contributed by atoms with van der Waals surface area (Å²) in [6.07, 6.45) is -5.02. The Morgan fingerprint density at radius 2 is 1.94 bits per heavy atom. The van der Waals surface area contributed by atoms with Gasteiger partial charge in [0, 0.05) is 6.07 Å². The average Bonchev–Trinajstić information content (AvgIpc) is 2.27. The van der Waals surface area contributed by atoms with Gasteiger partial charge in [-0.1, -0.05) is 18.2 Å². The first-order valence-corrected chi connectivity index (χ1v) is 4.84. The van der Waals surface area contributed by atoms with Crippen molar-refractivity contribution in [1.29, 1.82) is 0 Å². The molecule has 0 saturated heterocycles. The van der Waals surface area contributed by atoms with Gasteiger partial charge in [-0.05, 0) is 6.92 Å². The Balaban J connectivity index is 2.95. The number of amides is 1. The number of nitrogens with one attached hydrogen (secondary N) is 1. The van der Waals surface area contributed by atoms with Gasteiger partial charge < -0.3 is 5.32 Å². The molecule has 1 aromatic rings. The monoisotopic (exact) mass is 262 g/mol. The van der Waals surface area contributed by atoms with Crippen LogP contribution in [0.15, 0.2) is 24.3 Å². The van der Waals surface area contributed by atoms with E-state index in [0.29, 0.717) is 0 Å². The first-order chi connectivity index (χ1) is 8.23. The molecule has 0 fully saturated rings. The third-order valence-electron chi connectivity index (χ3n) is 2.21. The minimum Gasteiger partial charge on any atom is -0.341 e. The molecule has 5 nitrogen and oxygen atoms in total. The summed E-state index contributed by atoms with van der Waals surface area (Å²) in [5, 5.41) is 12.3. The number of carbonyl (C=O) groups excluding carboxylic acids is 1. The van der Waals surface area contributed by atoms with Crippen LogP contribution in [0.2, 0.25) is 0 Å². The van der Waals surface area contributed by atoms with Crippen molar-refractivity contribution in [2.45, 2.75) is 19.1 Å². The highest BCUT2D eigenvalue weighted by Gasteiger charge is 2.39. The van der Waals surface area contributed by atoms with Crippen LogP contribution in [0.1, 0.15) is 18.5 Å². The quantitative estimate of drug-likeness (QED) is 0.671. The minimum absolute atomic E-state index is 0.0140. The summed E-state index contributed by atoms with van der Waals surface area (Å²) in [4.78, 5) is 20.7. The van der Waals surface area contributed by atoms with Crippen LogP contribution in [0.25, 0.3) is 0 Å². The molecule has 98 valence electrons. The molecule has 1 aromatic carbocycles. The van der Waals surface area contributed by atoms with E-state index in [1.807, 2.05) is 0 Å². The zero-order valence-corrected chi connectivity index (χ0v) is 9.19. The molecule has 0 aliphatic carbocycles. The maximum atomic E-state index is 12.0. The van der Waals surface area contributed by atoms with E-state index in [2.05, 4.69) is 0 Å². The highest BCUT2D eigenvalue weighted by atomic mass is 19.4. The van der Waals surface area contributed by atoms with E-state index in [0.717, 1.165) is 6.07 Å². The summed E-state index contributed by atoms with van der Waals surface area (Å²) < 4.78 is 36.1. The standard InChI is InChI=1S/C10H9F3N2O3/c1-6(14-9(16)10(11,12)13)7-4-2-3-5-8(7)15(17)18/h2-6H,1H3,(H,14,16)/t6-/m0/s1. The summed E-state index contributed by atoms with van der Waals surface area (Å²) in [7, 11) is 0. The molecule has 0 radical (unpaired) electrons. The van der Waals surface area contributed by atoms with Crippen molar-refractivity contribution in [2.24, 2.45) is 0 Å². The Kier molecular flexibility index (Phi) is 3.89. The van der Waals surface area contributed by atoms with Gasteiger partial charge in [-0.3, -0.25) is 14.9 Å². The lowest BCUT2D eigenvalue weighted by Gasteiger charge is -2.15. The summed E-state index contributed by atoms with van der Waals surface area (Å²) in [6, 6.07) is 4.17. The Labute approximate surface area is 99.8 Å². The zero-order valence-electron chi connectivity index (χ0n) is 9.19. The van der Waals surface area contributed by atoms with E-state index < -0.39 is 23.0 Å². The number of carbonyl (C=O) groups is 1. The van der Waals surface area contributed by atoms with Gasteiger partial charge in [-0.2, -0.15) is 13.2 Å². The van der Waals surface area contributed by atoms with Crippen molar-refractivity contribution in [3.05, 3.63) is 39.9 Å². The molecule has 8 heteroatoms. The van der Waals surface area contributed by atoms with Gasteiger partial charge >= 0.3 is 12.1 Å². The van der Waals surface area contributed by atoms with Crippen LogP contribution >= 0.6 is 0 Å². The topological polar surface area (TPSA) is 72.2 Å². The molecule has 0 aliphatic rings. The number of alkyl halides is 3. The smallest absolute Gasteiger partial charge is 0.341 e. The number of nitro groups is 1. The first-order valence-electron chi connectivity index (χ1n) is 4.84. The number of para-hydroxylation sites is 1. The van der Waals surface area contributed by atoms with Crippen molar-refractivity contribution in [3.8, 4) is 0 Å². The molecular weight excluding hydrogens is 253 g/mol. The van der Waals surface area contributed by atoms with Gasteiger partial charge in [-0.15, -0.1) is 0 Å². The Morgan fingerprint density at radius 1 is 1.39 bits per heavy atom. The van der Waals surface area contributed by atoms with Gasteiger partial charge in [0.15, 0.2) is 0 Å². The summed E-state index contributed by atoms with van der Waals surface area (Å²) in [6.45, 7) is 1.24. The molecule has 0 unspecified atom stereocenters. The molecule has 0 aromatic heterocycles. The number of nitro benzene ring substituents is 1. The predicted octanol–water partition coefficient (Wildman–Crippen LogP) is 2.33. The van der Waals surface area contributed by atoms with Crippen molar-refractivity contribution in [2.75, 3.05) is 0 Å². The average molecular weight is 262 g/mol. The Hall–Kier alpha value is -2.12. The molecule has 1 rings (SSSR count). The fraction of sp³-hybridized carbons (Fsp3) is 0.300. The van der Waals surface area contributed by atoms with Crippen LogP contribution in [0.4, 0.5) is 18.9 Å².